The second-order valence-corrected chi connectivity index (χ2v) is 5.09. The topological polar surface area (TPSA) is 40.5 Å². The minimum atomic E-state index is -2.91. The van der Waals surface area contributed by atoms with Crippen molar-refractivity contribution in [2.75, 3.05) is 19.8 Å². The van der Waals surface area contributed by atoms with E-state index in [1.165, 1.54) is 13.1 Å². The van der Waals surface area contributed by atoms with Crippen LogP contribution >= 0.6 is 7.52 Å². The molecule has 1 atom stereocenters. The van der Waals surface area contributed by atoms with E-state index in [4.69, 9.17) is 4.89 Å². The van der Waals surface area contributed by atoms with Crippen molar-refractivity contribution < 1.29 is 9.46 Å². The summed E-state index contributed by atoms with van der Waals surface area (Å²) in [6, 6.07) is 0. The molecule has 10 heavy (non-hydrogen) atoms. The van der Waals surface area contributed by atoms with Gasteiger partial charge in [-0.3, -0.25) is 4.57 Å². The molecule has 1 rings (SSSR count). The second-order valence-electron chi connectivity index (χ2n) is 2.85. The van der Waals surface area contributed by atoms with Crippen molar-refractivity contribution in [3.8, 4) is 0 Å². The summed E-state index contributed by atoms with van der Waals surface area (Å²) in [7, 11) is -2.91. The van der Waals surface area contributed by atoms with E-state index in [1.54, 1.807) is 4.67 Å². The zero-order valence-corrected chi connectivity index (χ0v) is 7.18. The third-order valence-corrected chi connectivity index (χ3v) is 3.31. The Hall–Kier alpha value is 0.150. The van der Waals surface area contributed by atoms with Crippen LogP contribution in [0, 0.1) is 0 Å². The van der Waals surface area contributed by atoms with Crippen LogP contribution < -0.4 is 0 Å². The SMILES string of the molecule is CP(=O)(O)N1CCCCC1. The second kappa shape index (κ2) is 3.04. The molecule has 1 saturated heterocycles. The maximum Gasteiger partial charge on any atom is 0.266 e. The molecular weight excluding hydrogens is 149 g/mol. The van der Waals surface area contributed by atoms with Gasteiger partial charge in [-0.05, 0) is 12.8 Å². The number of hydrogen-bond acceptors (Lipinski definition) is 1. The molecule has 0 saturated carbocycles. The summed E-state index contributed by atoms with van der Waals surface area (Å²) < 4.78 is 12.7. The highest BCUT2D eigenvalue weighted by molar-refractivity contribution is 7.54. The van der Waals surface area contributed by atoms with E-state index in [-0.39, 0.29) is 0 Å². The van der Waals surface area contributed by atoms with Crippen LogP contribution in [0.25, 0.3) is 0 Å². The average molecular weight is 163 g/mol. The van der Waals surface area contributed by atoms with Gasteiger partial charge >= 0.3 is 0 Å². The Bertz CT molecular complexity index is 148. The minimum Gasteiger partial charge on any atom is -0.333 e. The molecule has 0 aromatic carbocycles. The highest BCUT2D eigenvalue weighted by Gasteiger charge is 2.22. The highest BCUT2D eigenvalue weighted by atomic mass is 31.2. The Labute approximate surface area is 61.5 Å². The molecule has 3 nitrogen and oxygen atoms in total. The van der Waals surface area contributed by atoms with Crippen molar-refractivity contribution in [3.63, 3.8) is 0 Å². The van der Waals surface area contributed by atoms with E-state index >= 15 is 0 Å². The standard InChI is InChI=1S/C6H14NO2P/c1-10(8,9)7-5-3-2-4-6-7/h2-6H2,1H3,(H,8,9). The first-order valence-corrected chi connectivity index (χ1v) is 5.72. The molecule has 60 valence electrons. The summed E-state index contributed by atoms with van der Waals surface area (Å²) in [6.45, 7) is 3.01. The summed E-state index contributed by atoms with van der Waals surface area (Å²) in [5.41, 5.74) is 0. The van der Waals surface area contributed by atoms with Gasteiger partial charge < -0.3 is 4.89 Å². The van der Waals surface area contributed by atoms with E-state index < -0.39 is 7.52 Å². The first kappa shape index (κ1) is 8.25. The normalized spacial score (nSPS) is 27.8. The van der Waals surface area contributed by atoms with Gasteiger partial charge in [-0.2, -0.15) is 0 Å². The molecule has 1 aliphatic heterocycles. The van der Waals surface area contributed by atoms with Gasteiger partial charge in [0.05, 0.1) is 0 Å². The Kier molecular flexibility index (Phi) is 2.50. The molecule has 0 aromatic heterocycles. The summed E-state index contributed by atoms with van der Waals surface area (Å²) >= 11 is 0. The lowest BCUT2D eigenvalue weighted by molar-refractivity contribution is 0.307. The first-order valence-electron chi connectivity index (χ1n) is 3.66. The monoisotopic (exact) mass is 163 g/mol. The van der Waals surface area contributed by atoms with Crippen molar-refractivity contribution in [1.82, 2.24) is 4.67 Å². The van der Waals surface area contributed by atoms with E-state index in [2.05, 4.69) is 0 Å². The fourth-order valence-electron chi connectivity index (χ4n) is 1.25. The van der Waals surface area contributed by atoms with Crippen LogP contribution in [0.2, 0.25) is 0 Å². The van der Waals surface area contributed by atoms with E-state index in [1.807, 2.05) is 0 Å². The molecule has 0 aromatic rings. The summed E-state index contributed by atoms with van der Waals surface area (Å²) in [5, 5.41) is 0. The third-order valence-electron chi connectivity index (χ3n) is 1.86. The van der Waals surface area contributed by atoms with Gasteiger partial charge in [-0.15, -0.1) is 0 Å². The molecular formula is C6H14NO2P. The maximum atomic E-state index is 11.1. The van der Waals surface area contributed by atoms with Crippen LogP contribution in [0.3, 0.4) is 0 Å². The van der Waals surface area contributed by atoms with Crippen LogP contribution in [0.1, 0.15) is 19.3 Å². The van der Waals surface area contributed by atoms with Gasteiger partial charge in [-0.25, -0.2) is 4.67 Å². The van der Waals surface area contributed by atoms with Crippen molar-refractivity contribution in [1.29, 1.82) is 0 Å². The lowest BCUT2D eigenvalue weighted by Gasteiger charge is -2.28. The lowest BCUT2D eigenvalue weighted by atomic mass is 10.2. The first-order chi connectivity index (χ1) is 4.61. The molecule has 0 radical (unpaired) electrons. The molecule has 0 spiro atoms. The minimum absolute atomic E-state index is 0.796. The van der Waals surface area contributed by atoms with Crippen LogP contribution in [0.4, 0.5) is 0 Å². The van der Waals surface area contributed by atoms with Gasteiger partial charge in [0.15, 0.2) is 0 Å². The predicted molar refractivity (Wildman–Crippen MR) is 41.2 cm³/mol. The van der Waals surface area contributed by atoms with Gasteiger partial charge in [0.25, 0.3) is 7.52 Å². The van der Waals surface area contributed by atoms with Crippen LogP contribution in [0.15, 0.2) is 0 Å². The zero-order chi connectivity index (χ0) is 7.61. The molecule has 4 heteroatoms. The maximum absolute atomic E-state index is 11.1. The Morgan fingerprint density at radius 1 is 1.30 bits per heavy atom. The van der Waals surface area contributed by atoms with Crippen LogP contribution in [-0.2, 0) is 4.57 Å². The van der Waals surface area contributed by atoms with Crippen molar-refractivity contribution in [3.05, 3.63) is 0 Å². The van der Waals surface area contributed by atoms with Gasteiger partial charge in [0.1, 0.15) is 0 Å². The molecule has 0 amide bonds. The largest absolute Gasteiger partial charge is 0.333 e. The number of nitrogens with zero attached hydrogens (tertiary/aromatic N) is 1. The van der Waals surface area contributed by atoms with Gasteiger partial charge in [0.2, 0.25) is 0 Å². The van der Waals surface area contributed by atoms with Crippen molar-refractivity contribution in [2.45, 2.75) is 19.3 Å². The molecule has 1 heterocycles. The number of hydrogen-bond donors (Lipinski definition) is 1. The molecule has 1 aliphatic rings. The van der Waals surface area contributed by atoms with Gasteiger partial charge in [0, 0.05) is 19.8 Å². The molecule has 0 bridgehead atoms. The molecule has 1 fully saturated rings. The Morgan fingerprint density at radius 2 is 1.80 bits per heavy atom. The fourth-order valence-corrected chi connectivity index (χ4v) is 2.27. The van der Waals surface area contributed by atoms with E-state index in [0.717, 1.165) is 25.9 Å². The lowest BCUT2D eigenvalue weighted by Crippen LogP contribution is -2.26. The number of piperidine rings is 1. The third kappa shape index (κ3) is 2.08. The van der Waals surface area contributed by atoms with Crippen LogP contribution in [0.5, 0.6) is 0 Å². The highest BCUT2D eigenvalue weighted by Crippen LogP contribution is 2.41. The molecule has 1 unspecified atom stereocenters. The van der Waals surface area contributed by atoms with E-state index in [9.17, 15) is 4.57 Å². The van der Waals surface area contributed by atoms with Crippen molar-refractivity contribution >= 4 is 7.52 Å². The quantitative estimate of drug-likeness (QED) is 0.592. The molecule has 0 aliphatic carbocycles. The number of rotatable bonds is 1. The predicted octanol–water partition coefficient (Wildman–Crippen LogP) is 1.29. The Morgan fingerprint density at radius 3 is 2.10 bits per heavy atom. The van der Waals surface area contributed by atoms with E-state index in [0.29, 0.717) is 0 Å². The average Bonchev–Trinajstić information content (AvgIpc) is 1.88. The smallest absolute Gasteiger partial charge is 0.266 e. The fraction of sp³-hybridized carbons (Fsp3) is 1.00. The summed E-state index contributed by atoms with van der Waals surface area (Å²) in [5.74, 6) is 0. The van der Waals surface area contributed by atoms with Gasteiger partial charge in [-0.1, -0.05) is 6.42 Å². The summed E-state index contributed by atoms with van der Waals surface area (Å²) in [6.07, 6.45) is 3.34. The van der Waals surface area contributed by atoms with Crippen molar-refractivity contribution in [2.24, 2.45) is 0 Å². The molecule has 1 N–H and O–H groups in total. The summed E-state index contributed by atoms with van der Waals surface area (Å²) in [4.78, 5) is 9.12. The van der Waals surface area contributed by atoms with Crippen LogP contribution in [-0.4, -0.2) is 29.3 Å². The zero-order valence-electron chi connectivity index (χ0n) is 6.29. The Balaban J connectivity index is 2.47.